The van der Waals surface area contributed by atoms with E-state index in [9.17, 15) is 22.8 Å². The summed E-state index contributed by atoms with van der Waals surface area (Å²) >= 11 is 0. The summed E-state index contributed by atoms with van der Waals surface area (Å²) in [4.78, 5) is 43.8. The van der Waals surface area contributed by atoms with Gasteiger partial charge >= 0.3 is 0 Å². The maximum atomic E-state index is 13.3. The van der Waals surface area contributed by atoms with Crippen LogP contribution in [-0.2, 0) is 24.2 Å². The standard InChI is InChI=1S/C26H38N4O6S/c1-16(2)30-22-8-6-5-7-21(22)24(31)23(26(30)33)25(32)28-17-11-18-9-10-19(12-17)29(18)14-20(36-3)13-27-15-37(4,34)35/h5-8,16-20,23,27H,9-15H2,1-4H3,(H,28,32)/t17-,18-,19+,20?,23?. The second-order valence-electron chi connectivity index (χ2n) is 10.8. The van der Waals surface area contributed by atoms with Crippen molar-refractivity contribution in [1.29, 1.82) is 0 Å². The van der Waals surface area contributed by atoms with Gasteiger partial charge < -0.3 is 20.3 Å². The number of sulfone groups is 1. The van der Waals surface area contributed by atoms with E-state index in [2.05, 4.69) is 15.5 Å². The maximum absolute atomic E-state index is 13.3. The van der Waals surface area contributed by atoms with Gasteiger partial charge in [0.2, 0.25) is 11.8 Å². The lowest BCUT2D eigenvalue weighted by Crippen LogP contribution is -2.57. The van der Waals surface area contributed by atoms with E-state index in [1.54, 1.807) is 36.3 Å². The highest BCUT2D eigenvalue weighted by atomic mass is 32.2. The molecule has 4 rings (SSSR count). The van der Waals surface area contributed by atoms with Gasteiger partial charge in [-0.25, -0.2) is 8.42 Å². The fourth-order valence-corrected chi connectivity index (χ4v) is 6.51. The summed E-state index contributed by atoms with van der Waals surface area (Å²) in [6, 6.07) is 7.16. The number of benzene rings is 1. The smallest absolute Gasteiger partial charge is 0.247 e. The van der Waals surface area contributed by atoms with Gasteiger partial charge in [-0.2, -0.15) is 0 Å². The van der Waals surface area contributed by atoms with Gasteiger partial charge in [-0.15, -0.1) is 0 Å². The quantitative estimate of drug-likeness (QED) is 0.425. The molecule has 3 heterocycles. The van der Waals surface area contributed by atoms with Crippen LogP contribution in [0.15, 0.2) is 24.3 Å². The minimum atomic E-state index is -3.10. The highest BCUT2D eigenvalue weighted by Gasteiger charge is 2.47. The average Bonchev–Trinajstić information content (AvgIpc) is 3.04. The Hall–Kier alpha value is -2.34. The summed E-state index contributed by atoms with van der Waals surface area (Å²) in [5, 5.41) is 5.98. The molecular weight excluding hydrogens is 496 g/mol. The molecule has 2 bridgehead atoms. The largest absolute Gasteiger partial charge is 0.379 e. The van der Waals surface area contributed by atoms with Crippen LogP contribution in [-0.4, -0.2) is 93.5 Å². The van der Waals surface area contributed by atoms with Gasteiger partial charge in [0.25, 0.3) is 0 Å². The van der Waals surface area contributed by atoms with Gasteiger partial charge in [0, 0.05) is 56.2 Å². The maximum Gasteiger partial charge on any atom is 0.247 e. The minimum absolute atomic E-state index is 0.0921. The molecule has 0 aliphatic carbocycles. The van der Waals surface area contributed by atoms with E-state index >= 15 is 0 Å². The Morgan fingerprint density at radius 2 is 1.78 bits per heavy atom. The first-order valence-electron chi connectivity index (χ1n) is 12.9. The van der Waals surface area contributed by atoms with Gasteiger partial charge in [0.15, 0.2) is 21.5 Å². The van der Waals surface area contributed by atoms with Crippen LogP contribution in [0.25, 0.3) is 0 Å². The lowest BCUT2D eigenvalue weighted by molar-refractivity contribution is -0.132. The van der Waals surface area contributed by atoms with Gasteiger partial charge in [0.05, 0.1) is 17.7 Å². The zero-order chi connectivity index (χ0) is 26.9. The van der Waals surface area contributed by atoms with Crippen LogP contribution in [0.5, 0.6) is 0 Å². The molecule has 2 N–H and O–H groups in total. The predicted molar refractivity (Wildman–Crippen MR) is 140 cm³/mol. The molecule has 204 valence electrons. The summed E-state index contributed by atoms with van der Waals surface area (Å²) < 4.78 is 28.4. The third-order valence-corrected chi connectivity index (χ3v) is 8.40. The van der Waals surface area contributed by atoms with Crippen LogP contribution in [0.2, 0.25) is 0 Å². The molecule has 2 saturated heterocycles. The highest BCUT2D eigenvalue weighted by Crippen LogP contribution is 2.37. The van der Waals surface area contributed by atoms with Crippen molar-refractivity contribution >= 4 is 33.1 Å². The van der Waals surface area contributed by atoms with Crippen molar-refractivity contribution in [3.05, 3.63) is 29.8 Å². The van der Waals surface area contributed by atoms with Crippen molar-refractivity contribution in [2.24, 2.45) is 5.92 Å². The van der Waals surface area contributed by atoms with E-state index in [0.29, 0.717) is 24.3 Å². The van der Waals surface area contributed by atoms with Crippen molar-refractivity contribution in [3.63, 3.8) is 0 Å². The number of fused-ring (bicyclic) bond motifs is 3. The number of piperidine rings is 1. The number of Topliss-reactive ketones (excluding diaryl/α,β-unsaturated/α-hetero) is 1. The van der Waals surface area contributed by atoms with Crippen LogP contribution >= 0.6 is 0 Å². The molecule has 1 aromatic rings. The van der Waals surface area contributed by atoms with Crippen LogP contribution < -0.4 is 15.5 Å². The van der Waals surface area contributed by atoms with Crippen molar-refractivity contribution in [3.8, 4) is 0 Å². The Labute approximate surface area is 219 Å². The molecule has 0 radical (unpaired) electrons. The first-order chi connectivity index (χ1) is 17.5. The minimum Gasteiger partial charge on any atom is -0.379 e. The third kappa shape index (κ3) is 6.05. The number of carbonyl (C=O) groups excluding carboxylic acids is 3. The Bertz CT molecular complexity index is 1130. The molecular formula is C26H38N4O6S. The Morgan fingerprint density at radius 3 is 2.38 bits per heavy atom. The molecule has 37 heavy (non-hydrogen) atoms. The molecule has 3 aliphatic heterocycles. The van der Waals surface area contributed by atoms with E-state index in [1.165, 1.54) is 6.26 Å². The van der Waals surface area contributed by atoms with E-state index < -0.39 is 33.4 Å². The Morgan fingerprint density at radius 1 is 1.14 bits per heavy atom. The summed E-state index contributed by atoms with van der Waals surface area (Å²) in [5.41, 5.74) is 0.961. The summed E-state index contributed by atoms with van der Waals surface area (Å²) in [6.45, 7) is 4.84. The summed E-state index contributed by atoms with van der Waals surface area (Å²) in [6.07, 6.45) is 4.49. The Balaban J connectivity index is 1.39. The monoisotopic (exact) mass is 534 g/mol. The number of para-hydroxylation sites is 1. The zero-order valence-corrected chi connectivity index (χ0v) is 22.8. The molecule has 1 aromatic carbocycles. The number of ketones is 1. The molecule has 0 saturated carbocycles. The first-order valence-corrected chi connectivity index (χ1v) is 15.0. The van der Waals surface area contributed by atoms with Crippen molar-refractivity contribution in [1.82, 2.24) is 15.5 Å². The van der Waals surface area contributed by atoms with Gasteiger partial charge in [-0.3, -0.25) is 19.3 Å². The zero-order valence-electron chi connectivity index (χ0n) is 22.0. The summed E-state index contributed by atoms with van der Waals surface area (Å²) in [5.74, 6) is -2.90. The van der Waals surface area contributed by atoms with Crippen LogP contribution in [0, 0.1) is 5.92 Å². The van der Waals surface area contributed by atoms with Crippen molar-refractivity contribution in [2.75, 3.05) is 37.2 Å². The number of carbonyl (C=O) groups is 3. The first kappa shape index (κ1) is 27.7. The molecule has 2 unspecified atom stereocenters. The second-order valence-corrected chi connectivity index (χ2v) is 12.9. The number of nitrogens with zero attached hydrogens (tertiary/aromatic N) is 2. The number of methoxy groups -OCH3 is 1. The van der Waals surface area contributed by atoms with E-state index in [0.717, 1.165) is 25.7 Å². The number of anilines is 1. The predicted octanol–water partition coefficient (Wildman–Crippen LogP) is 0.959. The molecule has 0 spiro atoms. The fourth-order valence-electron chi connectivity index (χ4n) is 6.02. The number of hydrogen-bond acceptors (Lipinski definition) is 8. The molecule has 5 atom stereocenters. The van der Waals surface area contributed by atoms with E-state index in [4.69, 9.17) is 4.74 Å². The number of hydrogen-bond donors (Lipinski definition) is 2. The number of amides is 2. The SMILES string of the molecule is COC(CNCS(C)(=O)=O)CN1[C@@H]2CC[C@H]1C[C@H](NC(=O)C1C(=O)c3ccccc3N(C(C)C)C1=O)C2. The molecule has 11 heteroatoms. The topological polar surface area (TPSA) is 125 Å². The van der Waals surface area contributed by atoms with Gasteiger partial charge in [-0.1, -0.05) is 12.1 Å². The van der Waals surface area contributed by atoms with Gasteiger partial charge in [0.1, 0.15) is 0 Å². The third-order valence-electron chi connectivity index (χ3n) is 7.67. The lowest BCUT2D eigenvalue weighted by atomic mass is 9.88. The summed E-state index contributed by atoms with van der Waals surface area (Å²) in [7, 11) is -1.48. The molecule has 2 amide bonds. The fraction of sp³-hybridized carbons (Fsp3) is 0.654. The van der Waals surface area contributed by atoms with E-state index in [-0.39, 0.29) is 36.1 Å². The molecule has 2 fully saturated rings. The molecule has 0 aromatic heterocycles. The van der Waals surface area contributed by atoms with Crippen LogP contribution in [0.3, 0.4) is 0 Å². The second kappa shape index (κ2) is 11.2. The normalized spacial score (nSPS) is 26.9. The number of rotatable bonds is 10. The Kier molecular flexibility index (Phi) is 8.37. The molecule has 3 aliphatic rings. The molecule has 10 nitrogen and oxygen atoms in total. The van der Waals surface area contributed by atoms with Gasteiger partial charge in [-0.05, 0) is 51.7 Å². The van der Waals surface area contributed by atoms with Crippen LogP contribution in [0.1, 0.15) is 49.9 Å². The number of ether oxygens (including phenoxy) is 1. The average molecular weight is 535 g/mol. The number of nitrogens with one attached hydrogen (secondary N) is 2. The highest BCUT2D eigenvalue weighted by molar-refractivity contribution is 7.90. The van der Waals surface area contributed by atoms with Crippen molar-refractivity contribution < 1.29 is 27.5 Å². The lowest BCUT2D eigenvalue weighted by Gasteiger charge is -2.41. The van der Waals surface area contributed by atoms with Crippen molar-refractivity contribution in [2.45, 2.75) is 69.8 Å². The van der Waals surface area contributed by atoms with Crippen LogP contribution in [0.4, 0.5) is 5.69 Å². The van der Waals surface area contributed by atoms with E-state index in [1.807, 2.05) is 13.8 Å².